The number of aromatic amines is 1. The number of ether oxygens (including phenoxy) is 1. The van der Waals surface area contributed by atoms with E-state index in [4.69, 9.17) is 10.5 Å². The fourth-order valence-electron chi connectivity index (χ4n) is 3.07. The molecule has 0 radical (unpaired) electrons. The van der Waals surface area contributed by atoms with E-state index >= 15 is 0 Å². The number of hydrogen-bond acceptors (Lipinski definition) is 4. The van der Waals surface area contributed by atoms with Crippen molar-refractivity contribution in [2.45, 2.75) is 6.42 Å². The van der Waals surface area contributed by atoms with Crippen LogP contribution in [-0.4, -0.2) is 23.1 Å². The Morgan fingerprint density at radius 2 is 2.04 bits per heavy atom. The lowest BCUT2D eigenvalue weighted by molar-refractivity contribution is 0.104. The van der Waals surface area contributed by atoms with Crippen LogP contribution < -0.4 is 10.5 Å². The first kappa shape index (κ1) is 15.2. The number of nitrogens with two attached hydrogens (primary N) is 1. The first-order valence-corrected chi connectivity index (χ1v) is 7.98. The Balaban J connectivity index is 1.60. The quantitative estimate of drug-likeness (QED) is 0.341. The second-order valence-corrected chi connectivity index (χ2v) is 5.98. The highest BCUT2D eigenvalue weighted by Gasteiger charge is 2.24. The van der Waals surface area contributed by atoms with Gasteiger partial charge in [-0.2, -0.15) is 5.10 Å². The molecule has 3 aromatic rings. The summed E-state index contributed by atoms with van der Waals surface area (Å²) in [4.78, 5) is 12.3. The summed E-state index contributed by atoms with van der Waals surface area (Å²) < 4.78 is 5.29. The predicted molar refractivity (Wildman–Crippen MR) is 97.6 cm³/mol. The molecular formula is C20H17N3O2. The highest BCUT2D eigenvalue weighted by molar-refractivity contribution is 6.07. The van der Waals surface area contributed by atoms with Gasteiger partial charge in [-0.3, -0.25) is 9.89 Å². The fraction of sp³-hybridized carbons (Fsp3) is 0.100. The third-order valence-corrected chi connectivity index (χ3v) is 4.44. The maximum atomic E-state index is 12.3. The lowest BCUT2D eigenvalue weighted by Crippen LogP contribution is -1.95. The van der Waals surface area contributed by atoms with Crippen LogP contribution in [0.3, 0.4) is 0 Å². The van der Waals surface area contributed by atoms with Crippen molar-refractivity contribution in [3.8, 4) is 17.0 Å². The third kappa shape index (κ3) is 2.70. The Labute approximate surface area is 145 Å². The molecule has 0 spiro atoms. The Kier molecular flexibility index (Phi) is 3.61. The van der Waals surface area contributed by atoms with Crippen molar-refractivity contribution in [2.24, 2.45) is 0 Å². The van der Waals surface area contributed by atoms with Crippen LogP contribution >= 0.6 is 0 Å². The minimum absolute atomic E-state index is 0.0690. The van der Waals surface area contributed by atoms with Gasteiger partial charge in [0.2, 0.25) is 0 Å². The Hall–Kier alpha value is -3.34. The zero-order chi connectivity index (χ0) is 17.4. The maximum Gasteiger partial charge on any atom is 0.185 e. The average Bonchev–Trinajstić information content (AvgIpc) is 3.19. The lowest BCUT2D eigenvalue weighted by Gasteiger charge is -2.02. The van der Waals surface area contributed by atoms with Crippen LogP contribution in [0.2, 0.25) is 0 Å². The summed E-state index contributed by atoms with van der Waals surface area (Å²) in [5.74, 6) is 0.741. The van der Waals surface area contributed by atoms with Gasteiger partial charge in [0.05, 0.1) is 18.5 Å². The number of aromatic nitrogens is 2. The number of rotatable bonds is 4. The largest absolute Gasteiger partial charge is 0.497 e. The number of methoxy groups -OCH3 is 1. The normalized spacial score (nSPS) is 12.2. The summed E-state index contributed by atoms with van der Waals surface area (Å²) in [5, 5.41) is 7.44. The predicted octanol–water partition coefficient (Wildman–Crippen LogP) is 3.47. The van der Waals surface area contributed by atoms with Gasteiger partial charge >= 0.3 is 0 Å². The molecule has 5 heteroatoms. The number of nitrogens with zero attached hydrogens (tertiary/aromatic N) is 1. The number of ketones is 1. The Morgan fingerprint density at radius 1 is 1.24 bits per heavy atom. The molecule has 0 amide bonds. The van der Waals surface area contributed by atoms with Crippen LogP contribution in [0.1, 0.15) is 27.2 Å². The molecule has 5 nitrogen and oxygen atoms in total. The van der Waals surface area contributed by atoms with Crippen molar-refractivity contribution < 1.29 is 9.53 Å². The van der Waals surface area contributed by atoms with Crippen LogP contribution in [0.4, 0.5) is 5.69 Å². The van der Waals surface area contributed by atoms with Crippen LogP contribution in [0, 0.1) is 0 Å². The summed E-state index contributed by atoms with van der Waals surface area (Å²) >= 11 is 0. The van der Waals surface area contributed by atoms with Gasteiger partial charge in [-0.25, -0.2) is 0 Å². The molecule has 0 unspecified atom stereocenters. The number of allylic oxidation sites excluding steroid dienone is 1. The summed E-state index contributed by atoms with van der Waals surface area (Å²) in [6.45, 7) is 0. The van der Waals surface area contributed by atoms with Crippen molar-refractivity contribution in [1.82, 2.24) is 10.2 Å². The third-order valence-electron chi connectivity index (χ3n) is 4.44. The number of benzene rings is 2. The standard InChI is InChI=1S/C20H17N3O2/c1-25-15-7-4-13-10-17-18(22-23-20(17)16(13)11-15)8-9-19(24)12-2-5-14(21)6-3-12/h2-9,11H,10,21H2,1H3,(H,22,23)/b9-8+. The van der Waals surface area contributed by atoms with E-state index in [0.29, 0.717) is 11.3 Å². The Bertz CT molecular complexity index is 985. The molecule has 2 aromatic carbocycles. The van der Waals surface area contributed by atoms with E-state index in [1.165, 1.54) is 5.56 Å². The van der Waals surface area contributed by atoms with Gasteiger partial charge in [0.15, 0.2) is 5.78 Å². The summed E-state index contributed by atoms with van der Waals surface area (Å²) in [5.41, 5.74) is 12.1. The van der Waals surface area contributed by atoms with E-state index in [1.807, 2.05) is 12.1 Å². The summed E-state index contributed by atoms with van der Waals surface area (Å²) in [6.07, 6.45) is 4.14. The van der Waals surface area contributed by atoms with E-state index in [0.717, 1.165) is 34.7 Å². The molecule has 1 aromatic heterocycles. The van der Waals surface area contributed by atoms with Crippen molar-refractivity contribution in [2.75, 3.05) is 12.8 Å². The molecule has 0 fully saturated rings. The van der Waals surface area contributed by atoms with Gasteiger partial charge in [0.25, 0.3) is 0 Å². The maximum absolute atomic E-state index is 12.3. The minimum Gasteiger partial charge on any atom is -0.497 e. The molecule has 1 heterocycles. The molecule has 0 aliphatic heterocycles. The van der Waals surface area contributed by atoms with Gasteiger partial charge in [0, 0.05) is 28.8 Å². The van der Waals surface area contributed by atoms with Crippen molar-refractivity contribution >= 4 is 17.5 Å². The second kappa shape index (κ2) is 5.94. The smallest absolute Gasteiger partial charge is 0.185 e. The number of hydrogen-bond donors (Lipinski definition) is 2. The SMILES string of the molecule is COc1ccc2c(c1)-c1n[nH]c(/C=C/C(=O)c3ccc(N)cc3)c1C2. The highest BCUT2D eigenvalue weighted by Crippen LogP contribution is 2.38. The molecule has 4 rings (SSSR count). The van der Waals surface area contributed by atoms with Gasteiger partial charge in [-0.05, 0) is 54.1 Å². The topological polar surface area (TPSA) is 81.0 Å². The van der Waals surface area contributed by atoms with Crippen molar-refractivity contribution in [3.63, 3.8) is 0 Å². The number of H-pyrrole nitrogens is 1. The van der Waals surface area contributed by atoms with E-state index in [9.17, 15) is 4.79 Å². The Morgan fingerprint density at radius 3 is 2.80 bits per heavy atom. The average molecular weight is 331 g/mol. The monoisotopic (exact) mass is 331 g/mol. The van der Waals surface area contributed by atoms with Crippen LogP contribution in [0.5, 0.6) is 5.75 Å². The van der Waals surface area contributed by atoms with Gasteiger partial charge < -0.3 is 10.5 Å². The molecule has 0 bridgehead atoms. The number of nitrogens with one attached hydrogen (secondary N) is 1. The second-order valence-electron chi connectivity index (χ2n) is 5.98. The molecule has 0 saturated carbocycles. The number of nitrogen functional groups attached to an aromatic ring is 1. The number of fused-ring (bicyclic) bond motifs is 3. The van der Waals surface area contributed by atoms with Gasteiger partial charge in [-0.1, -0.05) is 6.07 Å². The van der Waals surface area contributed by atoms with Crippen LogP contribution in [0.25, 0.3) is 17.3 Å². The molecule has 0 saturated heterocycles. The molecule has 3 N–H and O–H groups in total. The molecule has 1 aliphatic rings. The van der Waals surface area contributed by atoms with E-state index in [2.05, 4.69) is 16.3 Å². The van der Waals surface area contributed by atoms with Crippen molar-refractivity contribution in [3.05, 3.63) is 70.9 Å². The molecular weight excluding hydrogens is 314 g/mol. The molecule has 1 aliphatic carbocycles. The van der Waals surface area contributed by atoms with E-state index < -0.39 is 0 Å². The molecule has 124 valence electrons. The number of carbonyl (C=O) groups excluding carboxylic acids is 1. The summed E-state index contributed by atoms with van der Waals surface area (Å²) in [7, 11) is 1.65. The van der Waals surface area contributed by atoms with Crippen molar-refractivity contribution in [1.29, 1.82) is 0 Å². The minimum atomic E-state index is -0.0690. The highest BCUT2D eigenvalue weighted by atomic mass is 16.5. The first-order valence-electron chi connectivity index (χ1n) is 7.98. The van der Waals surface area contributed by atoms with Gasteiger partial charge in [-0.15, -0.1) is 0 Å². The zero-order valence-corrected chi connectivity index (χ0v) is 13.7. The van der Waals surface area contributed by atoms with Gasteiger partial charge in [0.1, 0.15) is 5.75 Å². The van der Waals surface area contributed by atoms with E-state index in [1.54, 1.807) is 43.5 Å². The number of anilines is 1. The van der Waals surface area contributed by atoms with Crippen LogP contribution in [0.15, 0.2) is 48.5 Å². The van der Waals surface area contributed by atoms with Crippen LogP contribution in [-0.2, 0) is 6.42 Å². The zero-order valence-electron chi connectivity index (χ0n) is 13.7. The molecule has 25 heavy (non-hydrogen) atoms. The fourth-order valence-corrected chi connectivity index (χ4v) is 3.07. The number of carbonyl (C=O) groups is 1. The van der Waals surface area contributed by atoms with E-state index in [-0.39, 0.29) is 5.78 Å². The molecule has 0 atom stereocenters. The lowest BCUT2D eigenvalue weighted by atomic mass is 10.1. The first-order chi connectivity index (χ1) is 12.2. The summed E-state index contributed by atoms with van der Waals surface area (Å²) in [6, 6.07) is 12.9.